The molecule has 0 rings (SSSR count). The Morgan fingerprint density at radius 1 is 0.708 bits per heavy atom. The van der Waals surface area contributed by atoms with Gasteiger partial charge in [0.15, 0.2) is 13.5 Å². The summed E-state index contributed by atoms with van der Waals surface area (Å²) < 4.78 is 9.42. The molecule has 0 atom stereocenters. The summed E-state index contributed by atoms with van der Waals surface area (Å²) in [4.78, 5) is 45.8. The summed E-state index contributed by atoms with van der Waals surface area (Å²) in [6, 6.07) is 0. The van der Waals surface area contributed by atoms with Gasteiger partial charge in [0.25, 0.3) is 0 Å². The number of hydrogen-bond donors (Lipinski definition) is 2. The van der Waals surface area contributed by atoms with Gasteiger partial charge in [-0.1, -0.05) is 41.5 Å². The Labute approximate surface area is 141 Å². The van der Waals surface area contributed by atoms with Gasteiger partial charge in [0.05, 0.1) is 0 Å². The highest BCUT2D eigenvalue weighted by Crippen LogP contribution is 2.12. The van der Waals surface area contributed by atoms with Gasteiger partial charge in [-0.3, -0.25) is 9.59 Å². The summed E-state index contributed by atoms with van der Waals surface area (Å²) in [6.45, 7) is 9.73. The fraction of sp³-hybridized carbons (Fsp3) is 0.625. The van der Waals surface area contributed by atoms with E-state index in [0.717, 1.165) is 12.2 Å². The molecule has 0 aromatic heterocycles. The second kappa shape index (κ2) is 9.05. The first-order valence-corrected chi connectivity index (χ1v) is 7.42. The number of nitrogens with one attached hydrogen (secondary N) is 2. The van der Waals surface area contributed by atoms with Crippen molar-refractivity contribution in [3.63, 3.8) is 0 Å². The number of amides is 2. The van der Waals surface area contributed by atoms with E-state index in [2.05, 4.69) is 10.6 Å². The zero-order valence-corrected chi connectivity index (χ0v) is 15.0. The van der Waals surface area contributed by atoms with E-state index < -0.39 is 22.8 Å². The second-order valence-corrected chi connectivity index (χ2v) is 7.06. The molecule has 8 heteroatoms. The molecule has 136 valence electrons. The van der Waals surface area contributed by atoms with Crippen LogP contribution in [-0.2, 0) is 28.7 Å². The largest absolute Gasteiger partial charge is 0.441 e. The Bertz CT molecular complexity index is 466. The Morgan fingerprint density at radius 2 is 1.00 bits per heavy atom. The van der Waals surface area contributed by atoms with E-state index in [1.54, 1.807) is 41.5 Å². The lowest BCUT2D eigenvalue weighted by Gasteiger charge is -2.17. The summed E-state index contributed by atoms with van der Waals surface area (Å²) in [5, 5.41) is 4.84. The third-order valence-electron chi connectivity index (χ3n) is 2.61. The average molecular weight is 342 g/mol. The minimum Gasteiger partial charge on any atom is -0.441 e. The van der Waals surface area contributed by atoms with Crippen LogP contribution in [0.2, 0.25) is 0 Å². The summed E-state index contributed by atoms with van der Waals surface area (Å²) in [5.41, 5.74) is -1.19. The summed E-state index contributed by atoms with van der Waals surface area (Å²) in [7, 11) is 0. The molecule has 0 saturated heterocycles. The Balaban J connectivity index is 4.04. The maximum Gasteiger partial charge on any atom is 0.332 e. The molecule has 0 aliphatic heterocycles. The van der Waals surface area contributed by atoms with Gasteiger partial charge < -0.3 is 20.1 Å². The Hall–Kier alpha value is -2.38. The van der Waals surface area contributed by atoms with Crippen LogP contribution in [-0.4, -0.2) is 37.2 Å². The second-order valence-electron chi connectivity index (χ2n) is 7.06. The molecule has 0 aliphatic carbocycles. The minimum atomic E-state index is -0.806. The van der Waals surface area contributed by atoms with E-state index >= 15 is 0 Å². The monoisotopic (exact) mass is 342 g/mol. The van der Waals surface area contributed by atoms with Crippen LogP contribution in [0.4, 0.5) is 0 Å². The molecule has 2 N–H and O–H groups in total. The SMILES string of the molecule is CC(C)(C)C(=O)NCOC(=O)/C=C/C(=O)OCNC(=O)C(C)(C)C. The molecule has 0 unspecified atom stereocenters. The van der Waals surface area contributed by atoms with Crippen LogP contribution in [0.5, 0.6) is 0 Å². The fourth-order valence-electron chi connectivity index (χ4n) is 1.11. The number of ether oxygens (including phenoxy) is 2. The first-order chi connectivity index (χ1) is 10.8. The highest BCUT2D eigenvalue weighted by molar-refractivity contribution is 5.92. The molecule has 0 spiro atoms. The zero-order valence-electron chi connectivity index (χ0n) is 15.0. The maximum absolute atomic E-state index is 11.5. The normalized spacial score (nSPS) is 11.8. The summed E-state index contributed by atoms with van der Waals surface area (Å²) >= 11 is 0. The molecule has 0 bridgehead atoms. The van der Waals surface area contributed by atoms with E-state index in [4.69, 9.17) is 9.47 Å². The van der Waals surface area contributed by atoms with E-state index in [0.29, 0.717) is 0 Å². The number of rotatable bonds is 6. The number of hydrogen-bond acceptors (Lipinski definition) is 6. The van der Waals surface area contributed by atoms with E-state index in [1.807, 2.05) is 0 Å². The van der Waals surface area contributed by atoms with E-state index in [1.165, 1.54) is 0 Å². The highest BCUT2D eigenvalue weighted by atomic mass is 16.5. The average Bonchev–Trinajstić information content (AvgIpc) is 2.42. The van der Waals surface area contributed by atoms with Crippen LogP contribution in [0.3, 0.4) is 0 Å². The van der Waals surface area contributed by atoms with E-state index in [9.17, 15) is 19.2 Å². The smallest absolute Gasteiger partial charge is 0.332 e. The summed E-state index contributed by atoms with van der Waals surface area (Å²) in [5.74, 6) is -2.15. The lowest BCUT2D eigenvalue weighted by Crippen LogP contribution is -2.36. The van der Waals surface area contributed by atoms with Gasteiger partial charge in [0.2, 0.25) is 11.8 Å². The van der Waals surface area contributed by atoms with Gasteiger partial charge >= 0.3 is 11.9 Å². The minimum absolute atomic E-state index is 0.270. The standard InChI is InChI=1S/C16H26N2O6/c1-15(2,3)13(21)17-9-23-11(19)7-8-12(20)24-10-18-14(22)16(4,5)6/h7-8H,9-10H2,1-6H3,(H,17,21)(H,18,22)/b8-7+. The molecule has 2 amide bonds. The van der Waals surface area contributed by atoms with Crippen molar-refractivity contribution in [2.45, 2.75) is 41.5 Å². The van der Waals surface area contributed by atoms with Gasteiger partial charge in [-0.2, -0.15) is 0 Å². The van der Waals surface area contributed by atoms with Crippen molar-refractivity contribution in [2.75, 3.05) is 13.5 Å². The quantitative estimate of drug-likeness (QED) is 0.421. The predicted octanol–water partition coefficient (Wildman–Crippen LogP) is 0.869. The van der Waals surface area contributed by atoms with Crippen molar-refractivity contribution in [3.05, 3.63) is 12.2 Å². The van der Waals surface area contributed by atoms with Crippen molar-refractivity contribution < 1.29 is 28.7 Å². The van der Waals surface area contributed by atoms with Gasteiger partial charge in [-0.05, 0) is 0 Å². The summed E-state index contributed by atoms with van der Waals surface area (Å²) in [6.07, 6.45) is 1.74. The van der Waals surface area contributed by atoms with Gasteiger partial charge in [-0.15, -0.1) is 0 Å². The third-order valence-corrected chi connectivity index (χ3v) is 2.61. The van der Waals surface area contributed by atoms with Crippen molar-refractivity contribution in [3.8, 4) is 0 Å². The van der Waals surface area contributed by atoms with Gasteiger partial charge in [0.1, 0.15) is 0 Å². The molecule has 24 heavy (non-hydrogen) atoms. The lowest BCUT2D eigenvalue weighted by molar-refractivity contribution is -0.144. The van der Waals surface area contributed by atoms with Crippen LogP contribution >= 0.6 is 0 Å². The van der Waals surface area contributed by atoms with E-state index in [-0.39, 0.29) is 25.3 Å². The first-order valence-electron chi connectivity index (χ1n) is 7.42. The number of carbonyl (C=O) groups excluding carboxylic acids is 4. The first kappa shape index (κ1) is 21.6. The van der Waals surface area contributed by atoms with Crippen LogP contribution < -0.4 is 10.6 Å². The van der Waals surface area contributed by atoms with Crippen molar-refractivity contribution in [1.82, 2.24) is 10.6 Å². The van der Waals surface area contributed by atoms with Crippen molar-refractivity contribution in [2.24, 2.45) is 10.8 Å². The molecule has 0 aromatic rings. The number of carbonyl (C=O) groups is 4. The lowest BCUT2D eigenvalue weighted by atomic mass is 9.96. The Morgan fingerprint density at radius 3 is 1.25 bits per heavy atom. The molecular formula is C16H26N2O6. The van der Waals surface area contributed by atoms with Crippen LogP contribution in [0.25, 0.3) is 0 Å². The zero-order chi connectivity index (χ0) is 19.0. The molecular weight excluding hydrogens is 316 g/mol. The fourth-order valence-corrected chi connectivity index (χ4v) is 1.11. The van der Waals surface area contributed by atoms with Crippen LogP contribution in [0.1, 0.15) is 41.5 Å². The molecule has 8 nitrogen and oxygen atoms in total. The molecule has 0 radical (unpaired) electrons. The van der Waals surface area contributed by atoms with Crippen molar-refractivity contribution >= 4 is 23.8 Å². The molecule has 0 aromatic carbocycles. The molecule has 0 fully saturated rings. The maximum atomic E-state index is 11.5. The Kier molecular flexibility index (Phi) is 8.15. The van der Waals surface area contributed by atoms with Gasteiger partial charge in [-0.25, -0.2) is 9.59 Å². The van der Waals surface area contributed by atoms with Crippen LogP contribution in [0, 0.1) is 10.8 Å². The highest BCUT2D eigenvalue weighted by Gasteiger charge is 2.21. The number of esters is 2. The van der Waals surface area contributed by atoms with Crippen molar-refractivity contribution in [1.29, 1.82) is 0 Å². The topological polar surface area (TPSA) is 111 Å². The molecule has 0 heterocycles. The molecule has 0 aliphatic rings. The van der Waals surface area contributed by atoms with Crippen LogP contribution in [0.15, 0.2) is 12.2 Å². The predicted molar refractivity (Wildman–Crippen MR) is 86.3 cm³/mol. The van der Waals surface area contributed by atoms with Gasteiger partial charge in [0, 0.05) is 23.0 Å². The third kappa shape index (κ3) is 9.60. The molecule has 0 saturated carbocycles.